The molecule has 2 aliphatic rings. The second kappa shape index (κ2) is 4.58. The Morgan fingerprint density at radius 3 is 1.00 bits per heavy atom. The Kier molecular flexibility index (Phi) is 3.61. The third-order valence-corrected chi connectivity index (χ3v) is 12.5. The summed E-state index contributed by atoms with van der Waals surface area (Å²) in [6, 6.07) is 0. The zero-order chi connectivity index (χ0) is 16.2. The maximum atomic E-state index is 2.59. The standard InChI is InChI=1S/C20H32Si/c1-17(2,3)19(13-9-10-14-19)21(7,8)20(18(4,5)6)15-11-12-16-20/h9-16H,1-8H3. The van der Waals surface area contributed by atoms with Crippen LogP contribution in [0.25, 0.3) is 0 Å². The van der Waals surface area contributed by atoms with E-state index in [-0.39, 0.29) is 20.9 Å². The average molecular weight is 301 g/mol. The molecule has 0 fully saturated rings. The predicted molar refractivity (Wildman–Crippen MR) is 98.3 cm³/mol. The maximum Gasteiger partial charge on any atom is 0.0788 e. The molecule has 0 atom stereocenters. The molecule has 0 aromatic carbocycles. The second-order valence-corrected chi connectivity index (χ2v) is 14.2. The first kappa shape index (κ1) is 16.5. The first-order valence-electron chi connectivity index (χ1n) is 8.15. The molecule has 21 heavy (non-hydrogen) atoms. The summed E-state index contributed by atoms with van der Waals surface area (Å²) >= 11 is 0. The first-order valence-corrected chi connectivity index (χ1v) is 11.2. The van der Waals surface area contributed by atoms with Gasteiger partial charge in [-0.05, 0) is 10.8 Å². The van der Waals surface area contributed by atoms with Crippen LogP contribution in [0.15, 0.2) is 48.6 Å². The molecule has 0 spiro atoms. The van der Waals surface area contributed by atoms with Gasteiger partial charge in [-0.1, -0.05) is 103 Å². The summed E-state index contributed by atoms with van der Waals surface area (Å²) in [5, 5.41) is 0.374. The van der Waals surface area contributed by atoms with E-state index < -0.39 is 8.07 Å². The zero-order valence-corrected chi connectivity index (χ0v) is 16.1. The van der Waals surface area contributed by atoms with Gasteiger partial charge in [0.15, 0.2) is 0 Å². The van der Waals surface area contributed by atoms with E-state index in [1.165, 1.54) is 0 Å². The molecule has 0 aromatic rings. The Bertz CT molecular complexity index is 455. The van der Waals surface area contributed by atoms with Crippen molar-refractivity contribution in [1.82, 2.24) is 0 Å². The van der Waals surface area contributed by atoms with Crippen LogP contribution in [0.2, 0.25) is 23.2 Å². The Balaban J connectivity index is 2.70. The third kappa shape index (κ3) is 2.00. The van der Waals surface area contributed by atoms with Gasteiger partial charge in [-0.25, -0.2) is 0 Å². The molecule has 1 heteroatoms. The number of hydrogen-bond acceptors (Lipinski definition) is 0. The molecule has 2 aliphatic carbocycles. The van der Waals surface area contributed by atoms with E-state index in [2.05, 4.69) is 103 Å². The third-order valence-electron chi connectivity index (χ3n) is 6.21. The van der Waals surface area contributed by atoms with Crippen molar-refractivity contribution < 1.29 is 0 Å². The smallest absolute Gasteiger partial charge is 0.0768 e. The van der Waals surface area contributed by atoms with E-state index in [4.69, 9.17) is 0 Å². The zero-order valence-electron chi connectivity index (χ0n) is 15.1. The van der Waals surface area contributed by atoms with Gasteiger partial charge in [-0.3, -0.25) is 0 Å². The Labute approximate surface area is 132 Å². The van der Waals surface area contributed by atoms with Crippen LogP contribution in [0.1, 0.15) is 41.5 Å². The number of allylic oxidation sites excluding steroid dienone is 8. The highest BCUT2D eigenvalue weighted by atomic mass is 28.3. The summed E-state index contributed by atoms with van der Waals surface area (Å²) in [5.41, 5.74) is 0.462. The highest BCUT2D eigenvalue weighted by Crippen LogP contribution is 2.69. The van der Waals surface area contributed by atoms with Gasteiger partial charge in [0, 0.05) is 10.1 Å². The molecule has 0 N–H and O–H groups in total. The van der Waals surface area contributed by atoms with Crippen molar-refractivity contribution in [2.24, 2.45) is 10.8 Å². The van der Waals surface area contributed by atoms with E-state index >= 15 is 0 Å². The Morgan fingerprint density at radius 2 is 0.810 bits per heavy atom. The molecule has 0 bridgehead atoms. The van der Waals surface area contributed by atoms with Crippen molar-refractivity contribution in [3.8, 4) is 0 Å². The van der Waals surface area contributed by atoms with Gasteiger partial charge in [0.2, 0.25) is 0 Å². The summed E-state index contributed by atoms with van der Waals surface area (Å²) in [6.45, 7) is 19.6. The lowest BCUT2D eigenvalue weighted by Crippen LogP contribution is -2.58. The molecule has 0 saturated carbocycles. The highest BCUT2D eigenvalue weighted by Gasteiger charge is 2.63. The molecule has 0 amide bonds. The summed E-state index contributed by atoms with van der Waals surface area (Å²) in [7, 11) is -1.76. The monoisotopic (exact) mass is 300 g/mol. The highest BCUT2D eigenvalue weighted by molar-refractivity contribution is 6.85. The van der Waals surface area contributed by atoms with Gasteiger partial charge >= 0.3 is 0 Å². The predicted octanol–water partition coefficient (Wildman–Crippen LogP) is 6.52. The minimum atomic E-state index is -1.76. The second-order valence-electron chi connectivity index (χ2n) is 9.30. The van der Waals surface area contributed by atoms with E-state index in [0.29, 0.717) is 0 Å². The summed E-state index contributed by atoms with van der Waals surface area (Å²) < 4.78 is 0. The van der Waals surface area contributed by atoms with Crippen LogP contribution < -0.4 is 0 Å². The molecule has 2 rings (SSSR count). The van der Waals surface area contributed by atoms with E-state index in [1.54, 1.807) is 0 Å². The van der Waals surface area contributed by atoms with Crippen molar-refractivity contribution >= 4 is 8.07 Å². The van der Waals surface area contributed by atoms with Gasteiger partial charge in [0.05, 0.1) is 8.07 Å². The van der Waals surface area contributed by atoms with Crippen LogP contribution in [-0.2, 0) is 0 Å². The van der Waals surface area contributed by atoms with Crippen LogP contribution in [-0.4, -0.2) is 8.07 Å². The molecule has 0 aromatic heterocycles. The summed E-state index contributed by atoms with van der Waals surface area (Å²) in [6.07, 6.45) is 19.0. The Morgan fingerprint density at radius 1 is 0.571 bits per heavy atom. The van der Waals surface area contributed by atoms with Crippen molar-refractivity contribution in [2.75, 3.05) is 0 Å². The molecular formula is C20H32Si. The van der Waals surface area contributed by atoms with Crippen LogP contribution in [0.5, 0.6) is 0 Å². The van der Waals surface area contributed by atoms with E-state index in [1.807, 2.05) is 0 Å². The largest absolute Gasteiger partial charge is 0.0788 e. The van der Waals surface area contributed by atoms with Crippen molar-refractivity contribution in [1.29, 1.82) is 0 Å². The quantitative estimate of drug-likeness (QED) is 0.509. The van der Waals surface area contributed by atoms with Gasteiger partial charge in [-0.15, -0.1) is 0 Å². The minimum Gasteiger partial charge on any atom is -0.0768 e. The van der Waals surface area contributed by atoms with Crippen LogP contribution in [0, 0.1) is 10.8 Å². The van der Waals surface area contributed by atoms with E-state index in [0.717, 1.165) is 0 Å². The summed E-state index contributed by atoms with van der Waals surface area (Å²) in [5.74, 6) is 0. The fourth-order valence-electron chi connectivity index (χ4n) is 4.99. The maximum absolute atomic E-state index is 2.59. The van der Waals surface area contributed by atoms with Gasteiger partial charge in [-0.2, -0.15) is 0 Å². The van der Waals surface area contributed by atoms with Crippen molar-refractivity contribution in [3.63, 3.8) is 0 Å². The topological polar surface area (TPSA) is 0 Å². The molecule has 0 unspecified atom stereocenters. The molecule has 0 aliphatic heterocycles. The van der Waals surface area contributed by atoms with Gasteiger partial charge in [0.25, 0.3) is 0 Å². The van der Waals surface area contributed by atoms with Crippen molar-refractivity contribution in [3.05, 3.63) is 48.6 Å². The molecule has 0 radical (unpaired) electrons. The Hall–Kier alpha value is -0.823. The molecule has 0 heterocycles. The lowest BCUT2D eigenvalue weighted by atomic mass is 9.79. The van der Waals surface area contributed by atoms with Crippen LogP contribution in [0.3, 0.4) is 0 Å². The molecule has 116 valence electrons. The fourth-order valence-corrected chi connectivity index (χ4v) is 11.5. The summed E-state index contributed by atoms with van der Waals surface area (Å²) in [4.78, 5) is 0. The van der Waals surface area contributed by atoms with E-state index in [9.17, 15) is 0 Å². The lowest BCUT2D eigenvalue weighted by molar-refractivity contribution is 0.306. The normalized spacial score (nSPS) is 23.2. The average Bonchev–Trinajstić information content (AvgIpc) is 2.98. The number of rotatable bonds is 2. The molecule has 0 saturated heterocycles. The number of hydrogen-bond donors (Lipinski definition) is 0. The van der Waals surface area contributed by atoms with Gasteiger partial charge < -0.3 is 0 Å². The fraction of sp³-hybridized carbons (Fsp3) is 0.600. The first-order chi connectivity index (χ1) is 9.41. The van der Waals surface area contributed by atoms with Gasteiger partial charge in [0.1, 0.15) is 0 Å². The van der Waals surface area contributed by atoms with Crippen LogP contribution >= 0.6 is 0 Å². The van der Waals surface area contributed by atoms with Crippen molar-refractivity contribution in [2.45, 2.75) is 64.7 Å². The van der Waals surface area contributed by atoms with Crippen LogP contribution in [0.4, 0.5) is 0 Å². The lowest BCUT2D eigenvalue weighted by Gasteiger charge is -2.60. The SMILES string of the molecule is CC(C)(C)C1([Si](C)(C)C2(C(C)(C)C)C=CC=C2)C=CC=C1. The molecule has 0 nitrogen and oxygen atoms in total. The minimum absolute atomic E-state index is 0.187. The molecular weight excluding hydrogens is 268 g/mol.